The summed E-state index contributed by atoms with van der Waals surface area (Å²) >= 11 is 5.63. The molecule has 0 unspecified atom stereocenters. The number of allylic oxidation sites excluding steroid dienone is 2. The van der Waals surface area contributed by atoms with Crippen molar-refractivity contribution in [2.75, 3.05) is 0 Å². The van der Waals surface area contributed by atoms with E-state index in [1.54, 1.807) is 0 Å². The van der Waals surface area contributed by atoms with Crippen molar-refractivity contribution < 1.29 is 0 Å². The fourth-order valence-corrected chi connectivity index (χ4v) is 5.17. The van der Waals surface area contributed by atoms with Gasteiger partial charge in [0.2, 0.25) is 0 Å². The first-order chi connectivity index (χ1) is 11.0. The van der Waals surface area contributed by atoms with E-state index >= 15 is 0 Å². The molecule has 0 bridgehead atoms. The van der Waals surface area contributed by atoms with Crippen LogP contribution in [0, 0.1) is 6.92 Å². The zero-order valence-electron chi connectivity index (χ0n) is 13.7. The second-order valence-electron chi connectivity index (χ2n) is 6.65. The molecule has 116 valence electrons. The van der Waals surface area contributed by atoms with E-state index in [0.29, 0.717) is 0 Å². The van der Waals surface area contributed by atoms with Crippen LogP contribution in [-0.2, 0) is 12.8 Å². The van der Waals surface area contributed by atoms with Gasteiger partial charge in [0.1, 0.15) is 0 Å². The van der Waals surface area contributed by atoms with Crippen molar-refractivity contribution in [3.8, 4) is 0 Å². The van der Waals surface area contributed by atoms with E-state index in [1.807, 2.05) is 11.8 Å². The van der Waals surface area contributed by atoms with Crippen LogP contribution in [0.3, 0.4) is 0 Å². The molecule has 0 saturated carbocycles. The summed E-state index contributed by atoms with van der Waals surface area (Å²) in [6.07, 6.45) is 6.83. The van der Waals surface area contributed by atoms with Gasteiger partial charge in [0.05, 0.1) is 0 Å². The Labute approximate surface area is 150 Å². The van der Waals surface area contributed by atoms with Gasteiger partial charge in [-0.05, 0) is 79.6 Å². The highest BCUT2D eigenvalue weighted by atomic mass is 79.9. The van der Waals surface area contributed by atoms with E-state index in [1.165, 1.54) is 53.2 Å². The third-order valence-corrected chi connectivity index (χ3v) is 6.60. The molecule has 0 saturated heterocycles. The second kappa shape index (κ2) is 5.68. The first-order valence-corrected chi connectivity index (χ1v) is 9.60. The first kappa shape index (κ1) is 15.3. The van der Waals surface area contributed by atoms with E-state index in [0.717, 1.165) is 12.8 Å². The van der Waals surface area contributed by atoms with Gasteiger partial charge in [-0.2, -0.15) is 0 Å². The molecule has 2 aromatic rings. The molecule has 2 aliphatic carbocycles. The maximum absolute atomic E-state index is 3.70. The van der Waals surface area contributed by atoms with Crippen molar-refractivity contribution in [3.05, 3.63) is 67.7 Å². The van der Waals surface area contributed by atoms with Gasteiger partial charge in [0.15, 0.2) is 0 Å². The van der Waals surface area contributed by atoms with Crippen molar-refractivity contribution in [2.45, 2.75) is 43.4 Å². The zero-order valence-corrected chi connectivity index (χ0v) is 16.1. The quantitative estimate of drug-likeness (QED) is 0.548. The molecule has 0 nitrogen and oxygen atoms in total. The van der Waals surface area contributed by atoms with Crippen LogP contribution >= 0.6 is 27.7 Å². The van der Waals surface area contributed by atoms with Crippen molar-refractivity contribution in [1.29, 1.82) is 0 Å². The highest BCUT2D eigenvalue weighted by Crippen LogP contribution is 2.43. The Hall–Kier alpha value is -1.25. The number of halogens is 1. The monoisotopic (exact) mass is 382 g/mol. The molecule has 2 aromatic carbocycles. The molecule has 0 heterocycles. The van der Waals surface area contributed by atoms with Crippen LogP contribution in [0.15, 0.2) is 49.7 Å². The molecular formula is C21H19BrS. The Kier molecular flexibility index (Phi) is 3.78. The van der Waals surface area contributed by atoms with E-state index in [2.05, 4.69) is 73.1 Å². The zero-order chi connectivity index (χ0) is 16.1. The van der Waals surface area contributed by atoms with Crippen LogP contribution in [-0.4, -0.2) is 0 Å². The van der Waals surface area contributed by atoms with Gasteiger partial charge in [0.25, 0.3) is 0 Å². The SMILES string of the molecule is CC1=Cc2c(C)ccc(Sc3ccc(Br)c4c3CC(C)=C4)c2C1. The van der Waals surface area contributed by atoms with Crippen LogP contribution in [0.25, 0.3) is 12.2 Å². The summed E-state index contributed by atoms with van der Waals surface area (Å²) in [7, 11) is 0. The average Bonchev–Trinajstić information content (AvgIpc) is 3.08. The van der Waals surface area contributed by atoms with Crippen LogP contribution in [0.5, 0.6) is 0 Å². The van der Waals surface area contributed by atoms with Crippen molar-refractivity contribution >= 4 is 39.8 Å². The summed E-state index contributed by atoms with van der Waals surface area (Å²) in [5.74, 6) is 0. The summed E-state index contributed by atoms with van der Waals surface area (Å²) in [6, 6.07) is 9.02. The molecule has 23 heavy (non-hydrogen) atoms. The van der Waals surface area contributed by atoms with Gasteiger partial charge in [-0.15, -0.1) is 0 Å². The lowest BCUT2D eigenvalue weighted by Gasteiger charge is -2.14. The molecule has 0 aliphatic heterocycles. The van der Waals surface area contributed by atoms with Crippen LogP contribution in [0.1, 0.15) is 41.7 Å². The standard InChI is InChI=1S/C21H19BrS/c1-12-8-15-14(3)4-6-20(17(15)10-12)23-21-7-5-19(22)16-9-13(2)11-18(16)21/h4-9H,10-11H2,1-3H3. The molecule has 0 radical (unpaired) electrons. The second-order valence-corrected chi connectivity index (χ2v) is 8.59. The summed E-state index contributed by atoms with van der Waals surface area (Å²) < 4.78 is 1.21. The minimum absolute atomic E-state index is 1.07. The van der Waals surface area contributed by atoms with E-state index in [4.69, 9.17) is 0 Å². The van der Waals surface area contributed by atoms with E-state index in [-0.39, 0.29) is 0 Å². The molecule has 2 heteroatoms. The number of aryl methyl sites for hydroxylation is 1. The molecule has 2 aliphatic rings. The predicted octanol–water partition coefficient (Wildman–Crippen LogP) is 6.83. The lowest BCUT2D eigenvalue weighted by Crippen LogP contribution is -1.93. The van der Waals surface area contributed by atoms with E-state index in [9.17, 15) is 0 Å². The maximum atomic E-state index is 3.70. The molecule has 0 spiro atoms. The maximum Gasteiger partial charge on any atom is 0.0251 e. The van der Waals surface area contributed by atoms with Crippen molar-refractivity contribution in [3.63, 3.8) is 0 Å². The topological polar surface area (TPSA) is 0 Å². The summed E-state index contributed by atoms with van der Waals surface area (Å²) in [5.41, 5.74) is 10.1. The summed E-state index contributed by atoms with van der Waals surface area (Å²) in [4.78, 5) is 2.81. The van der Waals surface area contributed by atoms with Crippen LogP contribution in [0.2, 0.25) is 0 Å². The summed E-state index contributed by atoms with van der Waals surface area (Å²) in [6.45, 7) is 6.67. The average molecular weight is 383 g/mol. The van der Waals surface area contributed by atoms with Gasteiger partial charge in [-0.25, -0.2) is 0 Å². The highest BCUT2D eigenvalue weighted by Gasteiger charge is 2.20. The van der Waals surface area contributed by atoms with Gasteiger partial charge < -0.3 is 0 Å². The predicted molar refractivity (Wildman–Crippen MR) is 104 cm³/mol. The summed E-state index contributed by atoms with van der Waals surface area (Å²) in [5, 5.41) is 0. The largest absolute Gasteiger partial charge is 0.0895 e. The number of hydrogen-bond donors (Lipinski definition) is 0. The smallest absolute Gasteiger partial charge is 0.0251 e. The Bertz CT molecular complexity index is 814. The van der Waals surface area contributed by atoms with Gasteiger partial charge in [-0.3, -0.25) is 0 Å². The fourth-order valence-electron chi connectivity index (χ4n) is 3.56. The Morgan fingerprint density at radius 2 is 1.35 bits per heavy atom. The molecule has 0 aromatic heterocycles. The number of rotatable bonds is 2. The number of fused-ring (bicyclic) bond motifs is 2. The Morgan fingerprint density at radius 1 is 0.783 bits per heavy atom. The third kappa shape index (κ3) is 2.62. The van der Waals surface area contributed by atoms with Gasteiger partial charge >= 0.3 is 0 Å². The molecule has 0 atom stereocenters. The van der Waals surface area contributed by atoms with Crippen molar-refractivity contribution in [1.82, 2.24) is 0 Å². The van der Waals surface area contributed by atoms with Crippen LogP contribution < -0.4 is 0 Å². The Morgan fingerprint density at radius 3 is 2.04 bits per heavy atom. The van der Waals surface area contributed by atoms with E-state index < -0.39 is 0 Å². The van der Waals surface area contributed by atoms with Crippen molar-refractivity contribution in [2.24, 2.45) is 0 Å². The first-order valence-electron chi connectivity index (χ1n) is 7.99. The molecule has 0 amide bonds. The lowest BCUT2D eigenvalue weighted by molar-refractivity contribution is 1.11. The number of hydrogen-bond acceptors (Lipinski definition) is 1. The molecule has 0 N–H and O–H groups in total. The minimum atomic E-state index is 1.07. The van der Waals surface area contributed by atoms with Gasteiger partial charge in [-0.1, -0.05) is 57.1 Å². The molecule has 4 rings (SSSR count). The minimum Gasteiger partial charge on any atom is -0.0895 e. The number of benzene rings is 2. The molecule has 0 fully saturated rings. The van der Waals surface area contributed by atoms with Gasteiger partial charge in [0, 0.05) is 14.3 Å². The lowest BCUT2D eigenvalue weighted by atomic mass is 10.0. The normalized spacial score (nSPS) is 15.3. The fraction of sp³-hybridized carbons (Fsp3) is 0.238. The highest BCUT2D eigenvalue weighted by molar-refractivity contribution is 9.10. The Balaban J connectivity index is 1.76. The van der Waals surface area contributed by atoms with Crippen LogP contribution in [0.4, 0.5) is 0 Å². The third-order valence-electron chi connectivity index (χ3n) is 4.71. The molecular weight excluding hydrogens is 364 g/mol.